The van der Waals surface area contributed by atoms with Crippen molar-refractivity contribution in [2.24, 2.45) is 5.92 Å². The fourth-order valence-corrected chi connectivity index (χ4v) is 3.22. The van der Waals surface area contributed by atoms with Crippen LogP contribution < -0.4 is 0 Å². The van der Waals surface area contributed by atoms with E-state index in [1.165, 1.54) is 0 Å². The van der Waals surface area contributed by atoms with Gasteiger partial charge in [-0.2, -0.15) is 0 Å². The second-order valence-electron chi connectivity index (χ2n) is 6.97. The Bertz CT molecular complexity index is 431. The van der Waals surface area contributed by atoms with E-state index >= 15 is 0 Å². The molecule has 1 nitrogen and oxygen atoms in total. The second-order valence-corrected chi connectivity index (χ2v) is 6.97. The first kappa shape index (κ1) is 15.4. The molecule has 0 aliphatic carbocycles. The SMILES string of the molecule is CC(F)(F)[C@@H]1CCN(C(C)(C)C)[C@H](c2ccccc2)C1. The van der Waals surface area contributed by atoms with E-state index in [2.05, 4.69) is 37.8 Å². The molecule has 1 aliphatic heterocycles. The van der Waals surface area contributed by atoms with Crippen molar-refractivity contribution in [1.29, 1.82) is 0 Å². The fraction of sp³-hybridized carbons (Fsp3) is 0.647. The molecule has 0 N–H and O–H groups in total. The molecule has 0 radical (unpaired) electrons. The van der Waals surface area contributed by atoms with E-state index in [0.717, 1.165) is 19.0 Å². The highest BCUT2D eigenvalue weighted by Gasteiger charge is 2.43. The average molecular weight is 281 g/mol. The van der Waals surface area contributed by atoms with Crippen LogP contribution in [0, 0.1) is 5.92 Å². The molecule has 0 spiro atoms. The first-order valence-corrected chi connectivity index (χ1v) is 7.39. The number of rotatable bonds is 2. The number of alkyl halides is 2. The van der Waals surface area contributed by atoms with E-state index in [-0.39, 0.29) is 11.6 Å². The molecule has 20 heavy (non-hydrogen) atoms. The number of benzene rings is 1. The Morgan fingerprint density at radius 3 is 2.15 bits per heavy atom. The molecule has 1 aromatic rings. The molecular formula is C17H25F2N. The highest BCUT2D eigenvalue weighted by molar-refractivity contribution is 5.20. The fourth-order valence-electron chi connectivity index (χ4n) is 3.22. The van der Waals surface area contributed by atoms with Gasteiger partial charge in [0.25, 0.3) is 0 Å². The molecule has 0 bridgehead atoms. The van der Waals surface area contributed by atoms with E-state index < -0.39 is 11.8 Å². The van der Waals surface area contributed by atoms with E-state index in [4.69, 9.17) is 0 Å². The number of nitrogens with zero attached hydrogens (tertiary/aromatic N) is 1. The van der Waals surface area contributed by atoms with E-state index in [1.54, 1.807) is 0 Å². The van der Waals surface area contributed by atoms with Gasteiger partial charge in [-0.3, -0.25) is 4.90 Å². The third-order valence-corrected chi connectivity index (χ3v) is 4.37. The van der Waals surface area contributed by atoms with Crippen molar-refractivity contribution >= 4 is 0 Å². The van der Waals surface area contributed by atoms with Gasteiger partial charge in [-0.05, 0) is 52.6 Å². The van der Waals surface area contributed by atoms with Crippen LogP contribution in [-0.4, -0.2) is 22.9 Å². The van der Waals surface area contributed by atoms with Gasteiger partial charge in [-0.25, -0.2) is 8.78 Å². The lowest BCUT2D eigenvalue weighted by Crippen LogP contribution is -2.50. The molecule has 1 aliphatic rings. The zero-order valence-electron chi connectivity index (χ0n) is 12.9. The Morgan fingerprint density at radius 2 is 1.65 bits per heavy atom. The van der Waals surface area contributed by atoms with Crippen molar-refractivity contribution in [2.75, 3.05) is 6.54 Å². The zero-order chi connectivity index (χ0) is 15.0. The average Bonchev–Trinajstić information content (AvgIpc) is 2.37. The number of likely N-dealkylation sites (tertiary alicyclic amines) is 1. The standard InChI is InChI=1S/C17H25F2N/c1-16(2,3)20-11-10-14(17(4,18)19)12-15(20)13-8-6-5-7-9-13/h5-9,14-15H,10-12H2,1-4H3/t14-,15+/m1/s1. The summed E-state index contributed by atoms with van der Waals surface area (Å²) in [6.45, 7) is 8.28. The van der Waals surface area contributed by atoms with Gasteiger partial charge in [0.2, 0.25) is 5.92 Å². The molecule has 0 aromatic heterocycles. The summed E-state index contributed by atoms with van der Waals surface area (Å²) in [5, 5.41) is 0. The lowest BCUT2D eigenvalue weighted by Gasteiger charge is -2.48. The van der Waals surface area contributed by atoms with Crippen LogP contribution in [-0.2, 0) is 0 Å². The molecule has 0 unspecified atom stereocenters. The number of hydrogen-bond donors (Lipinski definition) is 0. The quantitative estimate of drug-likeness (QED) is 0.745. The Morgan fingerprint density at radius 1 is 1.05 bits per heavy atom. The van der Waals surface area contributed by atoms with Crippen molar-refractivity contribution < 1.29 is 8.78 Å². The van der Waals surface area contributed by atoms with Crippen molar-refractivity contribution in [3.05, 3.63) is 35.9 Å². The van der Waals surface area contributed by atoms with E-state index in [1.807, 2.05) is 18.2 Å². The van der Waals surface area contributed by atoms with E-state index in [9.17, 15) is 8.78 Å². The van der Waals surface area contributed by atoms with Gasteiger partial charge in [-0.15, -0.1) is 0 Å². The first-order valence-electron chi connectivity index (χ1n) is 7.39. The molecule has 1 heterocycles. The second kappa shape index (κ2) is 5.44. The van der Waals surface area contributed by atoms with Gasteiger partial charge in [-0.1, -0.05) is 30.3 Å². The number of hydrogen-bond acceptors (Lipinski definition) is 1. The maximum Gasteiger partial charge on any atom is 0.248 e. The Balaban J connectivity index is 2.29. The molecule has 1 saturated heterocycles. The van der Waals surface area contributed by atoms with Gasteiger partial charge in [0.1, 0.15) is 0 Å². The molecule has 0 amide bonds. The summed E-state index contributed by atoms with van der Waals surface area (Å²) in [6.07, 6.45) is 1.11. The van der Waals surface area contributed by atoms with Crippen LogP contribution in [0.5, 0.6) is 0 Å². The largest absolute Gasteiger partial charge is 0.291 e. The van der Waals surface area contributed by atoms with Crippen LogP contribution >= 0.6 is 0 Å². The van der Waals surface area contributed by atoms with Gasteiger partial charge in [0, 0.05) is 17.5 Å². The number of piperidine rings is 1. The minimum absolute atomic E-state index is 0.00545. The van der Waals surface area contributed by atoms with Crippen LogP contribution in [0.15, 0.2) is 30.3 Å². The monoisotopic (exact) mass is 281 g/mol. The normalized spacial score (nSPS) is 25.7. The smallest absolute Gasteiger partial charge is 0.248 e. The molecule has 2 atom stereocenters. The first-order chi connectivity index (χ1) is 9.19. The Labute approximate surface area is 121 Å². The molecule has 2 rings (SSSR count). The summed E-state index contributed by atoms with van der Waals surface area (Å²) in [6, 6.07) is 10.1. The third-order valence-electron chi connectivity index (χ3n) is 4.37. The van der Waals surface area contributed by atoms with Crippen LogP contribution in [0.4, 0.5) is 8.78 Å². The van der Waals surface area contributed by atoms with Crippen molar-refractivity contribution in [3.8, 4) is 0 Å². The van der Waals surface area contributed by atoms with Gasteiger partial charge < -0.3 is 0 Å². The minimum atomic E-state index is -2.59. The van der Waals surface area contributed by atoms with Crippen LogP contribution in [0.3, 0.4) is 0 Å². The molecule has 112 valence electrons. The van der Waals surface area contributed by atoms with E-state index in [0.29, 0.717) is 12.8 Å². The van der Waals surface area contributed by atoms with Crippen LogP contribution in [0.25, 0.3) is 0 Å². The summed E-state index contributed by atoms with van der Waals surface area (Å²) in [7, 11) is 0. The van der Waals surface area contributed by atoms with Crippen molar-refractivity contribution in [1.82, 2.24) is 4.90 Å². The summed E-state index contributed by atoms with van der Waals surface area (Å²) in [5.41, 5.74) is 1.14. The lowest BCUT2D eigenvalue weighted by atomic mass is 9.81. The predicted octanol–water partition coefficient (Wildman–Crippen LogP) is 4.89. The van der Waals surface area contributed by atoms with Crippen molar-refractivity contribution in [2.45, 2.75) is 58.0 Å². The highest BCUT2D eigenvalue weighted by atomic mass is 19.3. The molecule has 0 saturated carbocycles. The van der Waals surface area contributed by atoms with Crippen LogP contribution in [0.1, 0.15) is 52.1 Å². The minimum Gasteiger partial charge on any atom is -0.291 e. The maximum atomic E-state index is 13.7. The Hall–Kier alpha value is -0.960. The van der Waals surface area contributed by atoms with Crippen molar-refractivity contribution in [3.63, 3.8) is 0 Å². The zero-order valence-corrected chi connectivity index (χ0v) is 12.9. The molecule has 1 aromatic carbocycles. The van der Waals surface area contributed by atoms with Gasteiger partial charge >= 0.3 is 0 Å². The molecule has 3 heteroatoms. The molecular weight excluding hydrogens is 256 g/mol. The topological polar surface area (TPSA) is 3.24 Å². The van der Waals surface area contributed by atoms with Gasteiger partial charge in [0.05, 0.1) is 0 Å². The predicted molar refractivity (Wildman–Crippen MR) is 79.0 cm³/mol. The Kier molecular flexibility index (Phi) is 4.19. The summed E-state index contributed by atoms with van der Waals surface area (Å²) >= 11 is 0. The molecule has 1 fully saturated rings. The summed E-state index contributed by atoms with van der Waals surface area (Å²) in [4.78, 5) is 2.37. The van der Waals surface area contributed by atoms with Gasteiger partial charge in [0.15, 0.2) is 0 Å². The van der Waals surface area contributed by atoms with Crippen LogP contribution in [0.2, 0.25) is 0 Å². The third kappa shape index (κ3) is 3.38. The maximum absolute atomic E-state index is 13.7. The lowest BCUT2D eigenvalue weighted by molar-refractivity contribution is -0.0873. The highest BCUT2D eigenvalue weighted by Crippen LogP contribution is 2.43. The summed E-state index contributed by atoms with van der Waals surface area (Å²) in [5.74, 6) is -3.11. The summed E-state index contributed by atoms with van der Waals surface area (Å²) < 4.78 is 27.4. The number of halogens is 2.